The summed E-state index contributed by atoms with van der Waals surface area (Å²) in [5, 5.41) is 11.7. The second kappa shape index (κ2) is 8.54. The van der Waals surface area contributed by atoms with Crippen LogP contribution < -0.4 is 5.32 Å². The van der Waals surface area contributed by atoms with Crippen LogP contribution in [-0.4, -0.2) is 39.4 Å². The molecule has 0 unspecified atom stereocenters. The molecular weight excluding hydrogens is 408 g/mol. The van der Waals surface area contributed by atoms with Gasteiger partial charge in [-0.25, -0.2) is 4.98 Å². The molecule has 0 bridgehead atoms. The summed E-state index contributed by atoms with van der Waals surface area (Å²) in [5.74, 6) is 0.119. The van der Waals surface area contributed by atoms with Gasteiger partial charge in [-0.1, -0.05) is 30.0 Å². The maximum atomic E-state index is 12.8. The molecular formula is C20H16N4O3S2. The Morgan fingerprint density at radius 3 is 2.90 bits per heavy atom. The van der Waals surface area contributed by atoms with Crippen LogP contribution in [0.15, 0.2) is 53.0 Å². The van der Waals surface area contributed by atoms with Crippen LogP contribution in [-0.2, 0) is 9.53 Å². The fourth-order valence-electron chi connectivity index (χ4n) is 2.74. The number of nitrogens with one attached hydrogen (secondary N) is 1. The number of rotatable bonds is 6. The van der Waals surface area contributed by atoms with Crippen LogP contribution in [0.5, 0.6) is 0 Å². The molecule has 0 spiro atoms. The van der Waals surface area contributed by atoms with E-state index in [1.165, 1.54) is 36.2 Å². The van der Waals surface area contributed by atoms with Gasteiger partial charge in [-0.3, -0.25) is 9.59 Å². The Labute approximate surface area is 174 Å². The van der Waals surface area contributed by atoms with Gasteiger partial charge in [0, 0.05) is 23.8 Å². The zero-order chi connectivity index (χ0) is 20.2. The van der Waals surface area contributed by atoms with E-state index in [2.05, 4.69) is 20.5 Å². The largest absolute Gasteiger partial charge is 0.465 e. The Hall–Kier alpha value is -3.04. The lowest BCUT2D eigenvalue weighted by Gasteiger charge is -2.07. The maximum absolute atomic E-state index is 12.8. The number of amides is 1. The lowest BCUT2D eigenvalue weighted by molar-refractivity contribution is -0.140. The van der Waals surface area contributed by atoms with Crippen molar-refractivity contribution in [1.29, 1.82) is 0 Å². The van der Waals surface area contributed by atoms with Crippen molar-refractivity contribution in [2.45, 2.75) is 11.3 Å². The topological polar surface area (TPSA) is 94.1 Å². The first kappa shape index (κ1) is 19.3. The number of carbonyl (C=O) groups excluding carboxylic acids is 2. The Morgan fingerprint density at radius 1 is 1.17 bits per heavy atom. The summed E-state index contributed by atoms with van der Waals surface area (Å²) in [6, 6.07) is 13.0. The van der Waals surface area contributed by atoms with Crippen LogP contribution in [0.3, 0.4) is 0 Å². The highest BCUT2D eigenvalue weighted by Gasteiger charge is 2.13. The molecule has 0 radical (unpaired) electrons. The van der Waals surface area contributed by atoms with Gasteiger partial charge < -0.3 is 10.1 Å². The molecule has 1 N–H and O–H groups in total. The average molecular weight is 425 g/mol. The van der Waals surface area contributed by atoms with E-state index in [-0.39, 0.29) is 11.9 Å². The van der Waals surface area contributed by atoms with E-state index in [4.69, 9.17) is 4.74 Å². The van der Waals surface area contributed by atoms with Gasteiger partial charge in [-0.05, 0) is 24.3 Å². The van der Waals surface area contributed by atoms with Gasteiger partial charge in [0.2, 0.25) is 0 Å². The summed E-state index contributed by atoms with van der Waals surface area (Å²) < 4.78 is 6.79. The smallest absolute Gasteiger partial charge is 0.302 e. The number of thioether (sulfide) groups is 1. The zero-order valence-electron chi connectivity index (χ0n) is 15.4. The number of ether oxygens (including phenoxy) is 1. The number of aromatic nitrogens is 3. The van der Waals surface area contributed by atoms with Crippen molar-refractivity contribution < 1.29 is 14.3 Å². The first-order chi connectivity index (χ1) is 14.1. The van der Waals surface area contributed by atoms with Crippen molar-refractivity contribution >= 4 is 61.8 Å². The molecule has 9 heteroatoms. The van der Waals surface area contributed by atoms with Gasteiger partial charge in [-0.2, -0.15) is 10.2 Å². The van der Waals surface area contributed by atoms with E-state index in [0.29, 0.717) is 29.1 Å². The molecule has 0 saturated carbocycles. The number of hydrogen-bond donors (Lipinski definition) is 1. The number of benzene rings is 2. The van der Waals surface area contributed by atoms with Crippen LogP contribution in [0.2, 0.25) is 0 Å². The summed E-state index contributed by atoms with van der Waals surface area (Å²) >= 11 is 3.07. The third kappa shape index (κ3) is 4.52. The third-order valence-corrected chi connectivity index (χ3v) is 6.16. The molecule has 0 atom stereocenters. The van der Waals surface area contributed by atoms with Gasteiger partial charge in [0.1, 0.15) is 6.61 Å². The maximum Gasteiger partial charge on any atom is 0.302 e. The average Bonchev–Trinajstić information content (AvgIpc) is 3.12. The predicted octanol–water partition coefficient (Wildman–Crippen LogP) is 4.15. The number of carbonyl (C=O) groups is 2. The number of thiazole rings is 1. The highest BCUT2D eigenvalue weighted by molar-refractivity contribution is 8.01. The summed E-state index contributed by atoms with van der Waals surface area (Å²) in [5.41, 5.74) is 2.69. The minimum atomic E-state index is -0.285. The van der Waals surface area contributed by atoms with Crippen LogP contribution in [0.4, 0.5) is 5.69 Å². The molecule has 0 aliphatic heterocycles. The molecule has 146 valence electrons. The minimum absolute atomic E-state index is 0.240. The van der Waals surface area contributed by atoms with Crippen molar-refractivity contribution in [2.24, 2.45) is 0 Å². The third-order valence-electron chi connectivity index (χ3n) is 4.03. The molecule has 0 aliphatic rings. The Kier molecular flexibility index (Phi) is 5.68. The molecule has 4 aromatic rings. The molecule has 0 fully saturated rings. The fraction of sp³-hybridized carbons (Fsp3) is 0.150. The quantitative estimate of drug-likeness (QED) is 0.282. The van der Waals surface area contributed by atoms with Crippen molar-refractivity contribution in [1.82, 2.24) is 15.2 Å². The van der Waals surface area contributed by atoms with E-state index in [0.717, 1.165) is 19.9 Å². The first-order valence-corrected chi connectivity index (χ1v) is 10.6. The molecule has 2 aromatic heterocycles. The van der Waals surface area contributed by atoms with Crippen molar-refractivity contribution in [3.8, 4) is 0 Å². The molecule has 2 heterocycles. The van der Waals surface area contributed by atoms with E-state index in [1.54, 1.807) is 0 Å². The summed E-state index contributed by atoms with van der Waals surface area (Å²) in [4.78, 5) is 28.1. The highest BCUT2D eigenvalue weighted by atomic mass is 32.2. The molecule has 29 heavy (non-hydrogen) atoms. The predicted molar refractivity (Wildman–Crippen MR) is 114 cm³/mol. The number of nitrogens with zero attached hydrogens (tertiary/aromatic N) is 3. The highest BCUT2D eigenvalue weighted by Crippen LogP contribution is 2.31. The number of anilines is 1. The number of hydrogen-bond acceptors (Lipinski definition) is 8. The van der Waals surface area contributed by atoms with Gasteiger partial charge in [0.25, 0.3) is 5.91 Å². The zero-order valence-corrected chi connectivity index (χ0v) is 17.0. The lowest BCUT2D eigenvalue weighted by atomic mass is 10.1. The van der Waals surface area contributed by atoms with E-state index >= 15 is 0 Å². The molecule has 7 nitrogen and oxygen atoms in total. The van der Waals surface area contributed by atoms with Crippen molar-refractivity contribution in [3.63, 3.8) is 0 Å². The second-order valence-corrected chi connectivity index (χ2v) is 8.45. The van der Waals surface area contributed by atoms with Crippen molar-refractivity contribution in [2.75, 3.05) is 17.7 Å². The monoisotopic (exact) mass is 424 g/mol. The SMILES string of the molecule is CC(=O)OCCSc1nc2ccc(NC(=O)c3cnnc4ccccc34)cc2s1. The normalized spacial score (nSPS) is 10.9. The van der Waals surface area contributed by atoms with Gasteiger partial charge in [-0.15, -0.1) is 11.3 Å². The van der Waals surface area contributed by atoms with Gasteiger partial charge in [0.15, 0.2) is 4.34 Å². The molecule has 0 saturated heterocycles. The Balaban J connectivity index is 1.49. The number of esters is 1. The van der Waals surface area contributed by atoms with Crippen LogP contribution in [0.1, 0.15) is 17.3 Å². The fourth-order valence-corrected chi connectivity index (χ4v) is 4.74. The van der Waals surface area contributed by atoms with E-state index < -0.39 is 0 Å². The Bertz CT molecular complexity index is 1200. The summed E-state index contributed by atoms with van der Waals surface area (Å²) in [6.45, 7) is 1.74. The van der Waals surface area contributed by atoms with E-state index in [9.17, 15) is 9.59 Å². The van der Waals surface area contributed by atoms with E-state index in [1.807, 2.05) is 42.5 Å². The van der Waals surface area contributed by atoms with Gasteiger partial charge >= 0.3 is 5.97 Å². The van der Waals surface area contributed by atoms with Gasteiger partial charge in [0.05, 0.1) is 27.5 Å². The minimum Gasteiger partial charge on any atom is -0.465 e. The van der Waals surface area contributed by atoms with Crippen molar-refractivity contribution in [3.05, 3.63) is 54.2 Å². The van der Waals surface area contributed by atoms with Crippen LogP contribution in [0, 0.1) is 0 Å². The van der Waals surface area contributed by atoms with Crippen LogP contribution >= 0.6 is 23.1 Å². The molecule has 2 aromatic carbocycles. The molecule has 0 aliphatic carbocycles. The standard InChI is InChI=1S/C20H16N4O3S2/c1-12(25)27-8-9-28-20-23-17-7-6-13(10-18(17)29-20)22-19(26)15-11-21-24-16-5-3-2-4-14(15)16/h2-7,10-11H,8-9H2,1H3,(H,22,26). The molecule has 1 amide bonds. The van der Waals surface area contributed by atoms with Crippen LogP contribution in [0.25, 0.3) is 21.1 Å². The first-order valence-electron chi connectivity index (χ1n) is 8.79. The summed E-state index contributed by atoms with van der Waals surface area (Å²) in [6.07, 6.45) is 1.47. The lowest BCUT2D eigenvalue weighted by Crippen LogP contribution is -2.13. The second-order valence-electron chi connectivity index (χ2n) is 6.08. The Morgan fingerprint density at radius 2 is 2.03 bits per heavy atom. The number of fused-ring (bicyclic) bond motifs is 2. The molecule has 4 rings (SSSR count). The summed E-state index contributed by atoms with van der Waals surface area (Å²) in [7, 11) is 0.